The summed E-state index contributed by atoms with van der Waals surface area (Å²) in [7, 11) is 1.79. The molecule has 0 aromatic carbocycles. The van der Waals surface area contributed by atoms with Crippen LogP contribution in [-0.2, 0) is 17.0 Å². The smallest absolute Gasteiger partial charge is 0.0941 e. The Morgan fingerprint density at radius 1 is 1.61 bits per heavy atom. The first-order chi connectivity index (χ1) is 8.81. The fourth-order valence-corrected chi connectivity index (χ4v) is 3.52. The van der Waals surface area contributed by atoms with Crippen LogP contribution >= 0.6 is 22.9 Å². The maximum absolute atomic E-state index is 5.76. The van der Waals surface area contributed by atoms with Crippen molar-refractivity contribution in [3.05, 3.63) is 16.1 Å². The maximum Gasteiger partial charge on any atom is 0.0941 e. The standard InChI is InChI=1S/C13H21ClN2OS/c1-17-9-11-3-2-5-16(8-11)6-4-13-15-12(7-14)10-18-13/h10-11H,2-9H2,1H3. The number of halogens is 1. The highest BCUT2D eigenvalue weighted by molar-refractivity contribution is 7.09. The fourth-order valence-electron chi connectivity index (χ4n) is 2.50. The Labute approximate surface area is 118 Å². The quantitative estimate of drug-likeness (QED) is 0.753. The molecule has 1 fully saturated rings. The van der Waals surface area contributed by atoms with E-state index in [4.69, 9.17) is 16.3 Å². The van der Waals surface area contributed by atoms with Gasteiger partial charge >= 0.3 is 0 Å². The zero-order valence-electron chi connectivity index (χ0n) is 10.9. The van der Waals surface area contributed by atoms with Crippen LogP contribution in [0, 0.1) is 5.92 Å². The number of aromatic nitrogens is 1. The van der Waals surface area contributed by atoms with Gasteiger partial charge in [0.2, 0.25) is 0 Å². The summed E-state index contributed by atoms with van der Waals surface area (Å²) < 4.78 is 5.26. The van der Waals surface area contributed by atoms with Gasteiger partial charge in [0.05, 0.1) is 23.2 Å². The SMILES string of the molecule is COCC1CCCN(CCc2nc(CCl)cs2)C1. The van der Waals surface area contributed by atoms with Crippen molar-refractivity contribution in [2.45, 2.75) is 25.1 Å². The molecule has 0 amide bonds. The lowest BCUT2D eigenvalue weighted by molar-refractivity contribution is 0.0912. The van der Waals surface area contributed by atoms with Crippen molar-refractivity contribution in [2.24, 2.45) is 5.92 Å². The minimum absolute atomic E-state index is 0.524. The van der Waals surface area contributed by atoms with Gasteiger partial charge in [-0.25, -0.2) is 4.98 Å². The molecule has 0 saturated carbocycles. The van der Waals surface area contributed by atoms with Crippen molar-refractivity contribution in [3.8, 4) is 0 Å². The van der Waals surface area contributed by atoms with Crippen LogP contribution < -0.4 is 0 Å². The molecule has 5 heteroatoms. The van der Waals surface area contributed by atoms with Crippen LogP contribution in [0.4, 0.5) is 0 Å². The summed E-state index contributed by atoms with van der Waals surface area (Å²) in [5.41, 5.74) is 1.01. The molecule has 1 atom stereocenters. The summed E-state index contributed by atoms with van der Waals surface area (Å²) in [5.74, 6) is 1.23. The van der Waals surface area contributed by atoms with Crippen LogP contribution in [0.2, 0.25) is 0 Å². The molecule has 0 radical (unpaired) electrons. The van der Waals surface area contributed by atoms with Gasteiger partial charge in [-0.15, -0.1) is 22.9 Å². The van der Waals surface area contributed by atoms with Crippen molar-refractivity contribution in [1.82, 2.24) is 9.88 Å². The van der Waals surface area contributed by atoms with E-state index in [2.05, 4.69) is 15.3 Å². The van der Waals surface area contributed by atoms with Gasteiger partial charge in [0.15, 0.2) is 0 Å². The van der Waals surface area contributed by atoms with Gasteiger partial charge in [0.25, 0.3) is 0 Å². The first kappa shape index (κ1) is 14.3. The minimum Gasteiger partial charge on any atom is -0.384 e. The lowest BCUT2D eigenvalue weighted by Gasteiger charge is -2.32. The first-order valence-electron chi connectivity index (χ1n) is 6.52. The van der Waals surface area contributed by atoms with Crippen LogP contribution in [-0.4, -0.2) is 43.2 Å². The van der Waals surface area contributed by atoms with Crippen LogP contribution in [0.15, 0.2) is 5.38 Å². The van der Waals surface area contributed by atoms with Gasteiger partial charge in [-0.05, 0) is 25.3 Å². The second-order valence-corrected chi connectivity index (χ2v) is 6.09. The number of hydrogen-bond donors (Lipinski definition) is 0. The van der Waals surface area contributed by atoms with Gasteiger partial charge in [0, 0.05) is 32.0 Å². The third-order valence-corrected chi connectivity index (χ3v) is 4.61. The van der Waals surface area contributed by atoms with Crippen LogP contribution in [0.25, 0.3) is 0 Å². The molecule has 0 N–H and O–H groups in total. The monoisotopic (exact) mass is 288 g/mol. The van der Waals surface area contributed by atoms with Gasteiger partial charge in [0.1, 0.15) is 0 Å². The maximum atomic E-state index is 5.76. The number of alkyl halides is 1. The number of piperidine rings is 1. The average molecular weight is 289 g/mol. The zero-order valence-corrected chi connectivity index (χ0v) is 12.5. The Morgan fingerprint density at radius 3 is 3.22 bits per heavy atom. The Hall–Kier alpha value is -0.160. The summed E-state index contributed by atoms with van der Waals surface area (Å²) in [4.78, 5) is 7.04. The molecule has 2 rings (SSSR count). The molecule has 0 bridgehead atoms. The van der Waals surface area contributed by atoms with Crippen LogP contribution in [0.1, 0.15) is 23.5 Å². The second kappa shape index (κ2) is 7.43. The molecule has 1 aliphatic rings. The molecular weight excluding hydrogens is 268 g/mol. The largest absolute Gasteiger partial charge is 0.384 e. The molecule has 1 unspecified atom stereocenters. The number of thiazole rings is 1. The molecule has 1 saturated heterocycles. The van der Waals surface area contributed by atoms with Crippen molar-refractivity contribution in [1.29, 1.82) is 0 Å². The first-order valence-corrected chi connectivity index (χ1v) is 7.93. The highest BCUT2D eigenvalue weighted by atomic mass is 35.5. The van der Waals surface area contributed by atoms with Crippen molar-refractivity contribution in [3.63, 3.8) is 0 Å². The van der Waals surface area contributed by atoms with Gasteiger partial charge in [-0.1, -0.05) is 0 Å². The molecule has 1 aliphatic heterocycles. The molecule has 102 valence electrons. The molecule has 2 heterocycles. The summed E-state index contributed by atoms with van der Waals surface area (Å²) in [6.45, 7) is 4.38. The van der Waals surface area contributed by atoms with Gasteiger partial charge < -0.3 is 9.64 Å². The Kier molecular flexibility index (Phi) is 5.89. The van der Waals surface area contributed by atoms with E-state index in [1.807, 2.05) is 0 Å². The minimum atomic E-state index is 0.524. The van der Waals surface area contributed by atoms with Gasteiger partial charge in [-0.2, -0.15) is 0 Å². The van der Waals surface area contributed by atoms with Crippen LogP contribution in [0.3, 0.4) is 0 Å². The van der Waals surface area contributed by atoms with E-state index in [1.54, 1.807) is 18.4 Å². The normalized spacial score (nSPS) is 21.3. The lowest BCUT2D eigenvalue weighted by Crippen LogP contribution is -2.38. The Balaban J connectivity index is 1.75. The summed E-state index contributed by atoms with van der Waals surface area (Å²) in [6.07, 6.45) is 3.64. The molecular formula is C13H21ClN2OS. The third kappa shape index (κ3) is 4.19. The molecule has 18 heavy (non-hydrogen) atoms. The molecule has 0 spiro atoms. The second-order valence-electron chi connectivity index (χ2n) is 4.88. The highest BCUT2D eigenvalue weighted by Gasteiger charge is 2.19. The Bertz CT molecular complexity index is 357. The predicted octanol–water partition coefficient (Wildman–Crippen LogP) is 2.78. The third-order valence-electron chi connectivity index (χ3n) is 3.38. The van der Waals surface area contributed by atoms with Gasteiger partial charge in [-0.3, -0.25) is 0 Å². The van der Waals surface area contributed by atoms with E-state index >= 15 is 0 Å². The summed E-state index contributed by atoms with van der Waals surface area (Å²) in [6, 6.07) is 0. The number of methoxy groups -OCH3 is 1. The average Bonchev–Trinajstić information content (AvgIpc) is 2.85. The van der Waals surface area contributed by atoms with E-state index < -0.39 is 0 Å². The van der Waals surface area contributed by atoms with Crippen LogP contribution in [0.5, 0.6) is 0 Å². The topological polar surface area (TPSA) is 25.4 Å². The number of nitrogens with zero attached hydrogens (tertiary/aromatic N) is 2. The fraction of sp³-hybridized carbons (Fsp3) is 0.769. The zero-order chi connectivity index (χ0) is 12.8. The summed E-state index contributed by atoms with van der Waals surface area (Å²) in [5, 5.41) is 3.27. The van der Waals surface area contributed by atoms with E-state index in [0.29, 0.717) is 11.8 Å². The predicted molar refractivity (Wildman–Crippen MR) is 76.4 cm³/mol. The number of hydrogen-bond acceptors (Lipinski definition) is 4. The van der Waals surface area contributed by atoms with E-state index in [0.717, 1.165) is 25.3 Å². The van der Waals surface area contributed by atoms with E-state index in [9.17, 15) is 0 Å². The van der Waals surface area contributed by atoms with E-state index in [-0.39, 0.29) is 0 Å². The Morgan fingerprint density at radius 2 is 2.50 bits per heavy atom. The lowest BCUT2D eigenvalue weighted by atomic mass is 9.99. The molecule has 1 aromatic rings. The van der Waals surface area contributed by atoms with Crippen molar-refractivity contribution < 1.29 is 4.74 Å². The molecule has 3 nitrogen and oxygen atoms in total. The number of ether oxygens (including phenoxy) is 1. The number of rotatable bonds is 6. The molecule has 0 aliphatic carbocycles. The number of likely N-dealkylation sites (tertiary alicyclic amines) is 1. The summed E-state index contributed by atoms with van der Waals surface area (Å²) >= 11 is 7.49. The van der Waals surface area contributed by atoms with E-state index in [1.165, 1.54) is 30.9 Å². The molecule has 1 aromatic heterocycles. The van der Waals surface area contributed by atoms with Crippen molar-refractivity contribution in [2.75, 3.05) is 33.4 Å². The highest BCUT2D eigenvalue weighted by Crippen LogP contribution is 2.18. The van der Waals surface area contributed by atoms with Crippen molar-refractivity contribution >= 4 is 22.9 Å².